The van der Waals surface area contributed by atoms with E-state index >= 15 is 0 Å². The molecule has 1 fully saturated rings. The average Bonchev–Trinajstić information content (AvgIpc) is 2.17. The van der Waals surface area contributed by atoms with Gasteiger partial charge < -0.3 is 4.74 Å². The van der Waals surface area contributed by atoms with Gasteiger partial charge in [0.05, 0.1) is 13.2 Å². The highest BCUT2D eigenvalue weighted by Gasteiger charge is 2.32. The van der Waals surface area contributed by atoms with Gasteiger partial charge >= 0.3 is 0 Å². The molecule has 0 bridgehead atoms. The highest BCUT2D eigenvalue weighted by atomic mass is 32.2. The molecule has 0 radical (unpaired) electrons. The normalized spacial score (nSPS) is 20.1. The van der Waals surface area contributed by atoms with Gasteiger partial charge in [-0.25, -0.2) is 0 Å². The smallest absolute Gasteiger partial charge is 0.0594 e. The van der Waals surface area contributed by atoms with Crippen molar-refractivity contribution in [3.05, 3.63) is 0 Å². The molecule has 16 heavy (non-hydrogen) atoms. The molecule has 1 heterocycles. The summed E-state index contributed by atoms with van der Waals surface area (Å²) in [5.41, 5.74) is 0.364. The van der Waals surface area contributed by atoms with Crippen LogP contribution in [0.1, 0.15) is 34.6 Å². The van der Waals surface area contributed by atoms with Crippen LogP contribution in [-0.2, 0) is 4.74 Å². The predicted molar refractivity (Wildman–Crippen MR) is 73.3 cm³/mol. The topological polar surface area (TPSA) is 12.5 Å². The lowest BCUT2D eigenvalue weighted by molar-refractivity contribution is 0.0409. The zero-order valence-electron chi connectivity index (χ0n) is 11.5. The summed E-state index contributed by atoms with van der Waals surface area (Å²) in [6.07, 6.45) is 0. The third kappa shape index (κ3) is 4.27. The van der Waals surface area contributed by atoms with Gasteiger partial charge in [0.25, 0.3) is 0 Å². The summed E-state index contributed by atoms with van der Waals surface area (Å²) in [4.78, 5) is 2.51. The SMILES string of the molecule is CC(C)(C)C(C)(C)SCCN1CCOCC1. The number of rotatable bonds is 4. The van der Waals surface area contributed by atoms with Crippen molar-refractivity contribution >= 4 is 11.8 Å². The first-order valence-corrected chi connectivity index (χ1v) is 7.25. The lowest BCUT2D eigenvalue weighted by atomic mass is 9.83. The second kappa shape index (κ2) is 5.74. The number of ether oxygens (including phenoxy) is 1. The van der Waals surface area contributed by atoms with E-state index in [-0.39, 0.29) is 0 Å². The maximum absolute atomic E-state index is 5.35. The second-order valence-corrected chi connectivity index (χ2v) is 7.78. The van der Waals surface area contributed by atoms with Crippen LogP contribution in [0, 0.1) is 5.41 Å². The summed E-state index contributed by atoms with van der Waals surface area (Å²) in [6, 6.07) is 0. The standard InChI is InChI=1S/C13H27NOS/c1-12(2,3)13(4,5)16-11-8-14-6-9-15-10-7-14/h6-11H2,1-5H3. The molecule has 0 spiro atoms. The largest absolute Gasteiger partial charge is 0.379 e. The molecule has 96 valence electrons. The van der Waals surface area contributed by atoms with E-state index in [9.17, 15) is 0 Å². The van der Waals surface area contributed by atoms with Crippen LogP contribution < -0.4 is 0 Å². The van der Waals surface area contributed by atoms with Crippen LogP contribution >= 0.6 is 11.8 Å². The number of nitrogens with zero attached hydrogens (tertiary/aromatic N) is 1. The molecule has 0 aliphatic carbocycles. The van der Waals surface area contributed by atoms with E-state index in [0.717, 1.165) is 26.3 Å². The lowest BCUT2D eigenvalue weighted by Gasteiger charge is -2.39. The summed E-state index contributed by atoms with van der Waals surface area (Å²) >= 11 is 2.10. The maximum Gasteiger partial charge on any atom is 0.0594 e. The Hall–Kier alpha value is 0.270. The van der Waals surface area contributed by atoms with Crippen molar-refractivity contribution in [3.63, 3.8) is 0 Å². The van der Waals surface area contributed by atoms with Crippen molar-refractivity contribution in [1.29, 1.82) is 0 Å². The van der Waals surface area contributed by atoms with Crippen LogP contribution in [0.15, 0.2) is 0 Å². The predicted octanol–water partition coefficient (Wildman–Crippen LogP) is 2.88. The molecule has 1 rings (SSSR count). The molecule has 2 nitrogen and oxygen atoms in total. The highest BCUT2D eigenvalue weighted by molar-refractivity contribution is 8.00. The van der Waals surface area contributed by atoms with Crippen LogP contribution in [0.3, 0.4) is 0 Å². The highest BCUT2D eigenvalue weighted by Crippen LogP contribution is 2.41. The minimum Gasteiger partial charge on any atom is -0.379 e. The van der Waals surface area contributed by atoms with E-state index in [1.54, 1.807) is 0 Å². The Bertz CT molecular complexity index is 204. The van der Waals surface area contributed by atoms with Crippen LogP contribution in [0.2, 0.25) is 0 Å². The summed E-state index contributed by atoms with van der Waals surface area (Å²) < 4.78 is 5.70. The Morgan fingerprint density at radius 1 is 1.06 bits per heavy atom. The first-order valence-electron chi connectivity index (χ1n) is 6.27. The first kappa shape index (κ1) is 14.3. The lowest BCUT2D eigenvalue weighted by Crippen LogP contribution is -2.39. The molecule has 1 aliphatic heterocycles. The fourth-order valence-corrected chi connectivity index (χ4v) is 2.76. The van der Waals surface area contributed by atoms with Crippen molar-refractivity contribution in [2.45, 2.75) is 39.4 Å². The maximum atomic E-state index is 5.35. The van der Waals surface area contributed by atoms with Gasteiger partial charge in [0.15, 0.2) is 0 Å². The molecule has 0 aromatic rings. The Kier molecular flexibility index (Phi) is 5.14. The molecule has 0 amide bonds. The zero-order valence-corrected chi connectivity index (χ0v) is 12.3. The van der Waals surface area contributed by atoms with Crippen LogP contribution in [0.5, 0.6) is 0 Å². The molecule has 0 aromatic heterocycles. The fourth-order valence-electron chi connectivity index (χ4n) is 1.47. The van der Waals surface area contributed by atoms with Crippen molar-refractivity contribution in [2.75, 3.05) is 38.6 Å². The van der Waals surface area contributed by atoms with Crippen LogP contribution in [0.4, 0.5) is 0 Å². The first-order chi connectivity index (χ1) is 7.33. The van der Waals surface area contributed by atoms with Gasteiger partial charge in [0, 0.05) is 30.1 Å². The van der Waals surface area contributed by atoms with Crippen molar-refractivity contribution in [3.8, 4) is 0 Å². The molecular weight excluding hydrogens is 218 g/mol. The number of thioether (sulfide) groups is 1. The van der Waals surface area contributed by atoms with E-state index in [1.165, 1.54) is 12.3 Å². The minimum atomic E-state index is 0.347. The summed E-state index contributed by atoms with van der Waals surface area (Å²) in [5.74, 6) is 1.23. The Labute approximate surface area is 105 Å². The van der Waals surface area contributed by atoms with Crippen molar-refractivity contribution in [2.24, 2.45) is 5.41 Å². The van der Waals surface area contributed by atoms with Gasteiger partial charge in [-0.05, 0) is 5.41 Å². The van der Waals surface area contributed by atoms with Gasteiger partial charge in [-0.2, -0.15) is 11.8 Å². The molecule has 0 unspecified atom stereocenters. The molecule has 0 saturated carbocycles. The van der Waals surface area contributed by atoms with Gasteiger partial charge in [-0.1, -0.05) is 34.6 Å². The Morgan fingerprint density at radius 2 is 1.62 bits per heavy atom. The van der Waals surface area contributed by atoms with Gasteiger partial charge in [-0.15, -0.1) is 0 Å². The fraction of sp³-hybridized carbons (Fsp3) is 1.00. The number of hydrogen-bond acceptors (Lipinski definition) is 3. The molecule has 1 aliphatic rings. The van der Waals surface area contributed by atoms with E-state index in [4.69, 9.17) is 4.74 Å². The van der Waals surface area contributed by atoms with Gasteiger partial charge in [0.2, 0.25) is 0 Å². The van der Waals surface area contributed by atoms with Crippen LogP contribution in [-0.4, -0.2) is 48.2 Å². The van der Waals surface area contributed by atoms with E-state index in [2.05, 4.69) is 51.3 Å². The summed E-state index contributed by atoms with van der Waals surface area (Å²) in [7, 11) is 0. The average molecular weight is 245 g/mol. The minimum absolute atomic E-state index is 0.347. The Balaban J connectivity index is 2.23. The summed E-state index contributed by atoms with van der Waals surface area (Å²) in [6.45, 7) is 16.9. The second-order valence-electron chi connectivity index (χ2n) is 6.06. The molecule has 1 saturated heterocycles. The Morgan fingerprint density at radius 3 is 2.12 bits per heavy atom. The van der Waals surface area contributed by atoms with E-state index in [0.29, 0.717) is 10.2 Å². The van der Waals surface area contributed by atoms with Crippen molar-refractivity contribution in [1.82, 2.24) is 4.90 Å². The molecular formula is C13H27NOS. The van der Waals surface area contributed by atoms with E-state index in [1.807, 2.05) is 0 Å². The van der Waals surface area contributed by atoms with Crippen LogP contribution in [0.25, 0.3) is 0 Å². The monoisotopic (exact) mass is 245 g/mol. The molecule has 0 aromatic carbocycles. The van der Waals surface area contributed by atoms with Crippen molar-refractivity contribution < 1.29 is 4.74 Å². The third-order valence-electron chi connectivity index (χ3n) is 3.78. The van der Waals surface area contributed by atoms with Gasteiger partial charge in [0.1, 0.15) is 0 Å². The molecule has 0 atom stereocenters. The van der Waals surface area contributed by atoms with Gasteiger partial charge in [-0.3, -0.25) is 4.90 Å². The summed E-state index contributed by atoms with van der Waals surface area (Å²) in [5, 5.41) is 0. The molecule has 3 heteroatoms. The zero-order chi connectivity index (χ0) is 12.2. The quantitative estimate of drug-likeness (QED) is 0.756. The molecule has 0 N–H and O–H groups in total. The third-order valence-corrected chi connectivity index (χ3v) is 5.50. The number of hydrogen-bond donors (Lipinski definition) is 0. The van der Waals surface area contributed by atoms with E-state index < -0.39 is 0 Å². The number of morpholine rings is 1.